The molecule has 0 aliphatic carbocycles. The summed E-state index contributed by atoms with van der Waals surface area (Å²) in [6, 6.07) is 2.71. The fraction of sp³-hybridized carbons (Fsp3) is 0.300. The second kappa shape index (κ2) is 5.46. The van der Waals surface area contributed by atoms with Gasteiger partial charge in [-0.3, -0.25) is 14.9 Å². The number of hydrogen-bond acceptors (Lipinski definition) is 3. The largest absolute Gasteiger partial charge is 0.325 e. The number of alkyl halides is 1. The van der Waals surface area contributed by atoms with E-state index in [-0.39, 0.29) is 21.4 Å². The van der Waals surface area contributed by atoms with Gasteiger partial charge in [0, 0.05) is 11.8 Å². The summed E-state index contributed by atoms with van der Waals surface area (Å²) in [5.74, 6) is -0.238. The predicted molar refractivity (Wildman–Crippen MR) is 69.9 cm³/mol. The Balaban J connectivity index is 3.08. The number of carbonyl (C=O) groups is 1. The highest BCUT2D eigenvalue weighted by atomic mass is 79.9. The molecule has 0 radical (unpaired) electrons. The van der Waals surface area contributed by atoms with Crippen LogP contribution in [0.4, 0.5) is 11.4 Å². The number of aryl methyl sites for hydroxylation is 1. The van der Waals surface area contributed by atoms with Crippen LogP contribution in [0.25, 0.3) is 0 Å². The number of hydrogen-bond donors (Lipinski definition) is 1. The molecule has 1 amide bonds. The van der Waals surface area contributed by atoms with E-state index in [1.807, 2.05) is 0 Å². The van der Waals surface area contributed by atoms with Gasteiger partial charge in [0.05, 0.1) is 9.75 Å². The highest BCUT2D eigenvalue weighted by Crippen LogP contribution is 2.30. The number of halogens is 2. The molecule has 0 spiro atoms. The van der Waals surface area contributed by atoms with Crippen molar-refractivity contribution in [1.29, 1.82) is 0 Å². The number of amides is 1. The van der Waals surface area contributed by atoms with Gasteiger partial charge in [-0.05, 0) is 25.5 Å². The lowest BCUT2D eigenvalue weighted by atomic mass is 10.1. The van der Waals surface area contributed by atoms with Crippen LogP contribution in [-0.2, 0) is 4.79 Å². The van der Waals surface area contributed by atoms with Crippen LogP contribution in [0.1, 0.15) is 12.5 Å². The van der Waals surface area contributed by atoms with E-state index in [9.17, 15) is 14.9 Å². The summed E-state index contributed by atoms with van der Waals surface area (Å²) in [6.07, 6.45) is 0. The zero-order valence-corrected chi connectivity index (χ0v) is 11.5. The lowest BCUT2D eigenvalue weighted by molar-refractivity contribution is -0.384. The Morgan fingerprint density at radius 3 is 2.65 bits per heavy atom. The van der Waals surface area contributed by atoms with Crippen molar-refractivity contribution in [2.45, 2.75) is 18.7 Å². The molecule has 1 rings (SSSR count). The lowest BCUT2D eigenvalue weighted by Crippen LogP contribution is -2.20. The molecule has 0 saturated heterocycles. The van der Waals surface area contributed by atoms with Crippen molar-refractivity contribution >= 4 is 44.8 Å². The summed E-state index contributed by atoms with van der Waals surface area (Å²) >= 11 is 8.88. The normalized spacial score (nSPS) is 12.0. The predicted octanol–water partition coefficient (Wildman–Crippen LogP) is 3.28. The van der Waals surface area contributed by atoms with Crippen molar-refractivity contribution in [2.75, 3.05) is 5.32 Å². The van der Waals surface area contributed by atoms with Crippen LogP contribution >= 0.6 is 27.5 Å². The van der Waals surface area contributed by atoms with Gasteiger partial charge in [0.25, 0.3) is 5.69 Å². The molecule has 1 aromatic rings. The quantitative estimate of drug-likeness (QED) is 0.527. The molecule has 1 aromatic carbocycles. The molecule has 1 N–H and O–H groups in total. The van der Waals surface area contributed by atoms with E-state index in [4.69, 9.17) is 11.6 Å². The fourth-order valence-electron chi connectivity index (χ4n) is 1.17. The van der Waals surface area contributed by atoms with Crippen LogP contribution < -0.4 is 5.32 Å². The summed E-state index contributed by atoms with van der Waals surface area (Å²) in [4.78, 5) is 21.2. The summed E-state index contributed by atoms with van der Waals surface area (Å²) < 4.78 is 0. The van der Waals surface area contributed by atoms with E-state index in [1.165, 1.54) is 12.1 Å². The molecule has 0 heterocycles. The maximum Gasteiger partial charge on any atom is 0.288 e. The Morgan fingerprint density at radius 1 is 1.59 bits per heavy atom. The van der Waals surface area contributed by atoms with Gasteiger partial charge in [-0.15, -0.1) is 0 Å². The van der Waals surface area contributed by atoms with Gasteiger partial charge in [0.1, 0.15) is 5.02 Å². The maximum atomic E-state index is 11.5. The first-order valence-electron chi connectivity index (χ1n) is 4.72. The number of nitro groups is 1. The highest BCUT2D eigenvalue weighted by molar-refractivity contribution is 9.10. The molecule has 0 aliphatic rings. The first-order chi connectivity index (χ1) is 7.82. The van der Waals surface area contributed by atoms with E-state index in [2.05, 4.69) is 21.2 Å². The Morgan fingerprint density at radius 2 is 2.18 bits per heavy atom. The topological polar surface area (TPSA) is 72.2 Å². The molecule has 0 fully saturated rings. The molecular formula is C10H10BrClN2O3. The van der Waals surface area contributed by atoms with Crippen LogP contribution in [-0.4, -0.2) is 15.7 Å². The van der Waals surface area contributed by atoms with Gasteiger partial charge in [-0.25, -0.2) is 0 Å². The molecule has 0 saturated carbocycles. The minimum Gasteiger partial charge on any atom is -0.325 e. The van der Waals surface area contributed by atoms with Crippen molar-refractivity contribution in [3.63, 3.8) is 0 Å². The highest BCUT2D eigenvalue weighted by Gasteiger charge is 2.17. The van der Waals surface area contributed by atoms with Crippen molar-refractivity contribution in [3.05, 3.63) is 32.8 Å². The number of benzene rings is 1. The van der Waals surface area contributed by atoms with Gasteiger partial charge >= 0.3 is 0 Å². The second-order valence-corrected chi connectivity index (χ2v) is 5.26. The van der Waals surface area contributed by atoms with E-state index < -0.39 is 4.92 Å². The average molecular weight is 322 g/mol. The van der Waals surface area contributed by atoms with Crippen molar-refractivity contribution < 1.29 is 9.72 Å². The molecule has 17 heavy (non-hydrogen) atoms. The summed E-state index contributed by atoms with van der Waals surface area (Å²) in [5.41, 5.74) is 0.883. The van der Waals surface area contributed by atoms with E-state index >= 15 is 0 Å². The molecule has 0 bridgehead atoms. The standard InChI is InChI=1S/C10H10BrClN2O3/c1-5-3-9(14(16)17)7(12)4-8(5)13-10(15)6(2)11/h3-4,6H,1-2H3,(H,13,15). The van der Waals surface area contributed by atoms with Crippen LogP contribution in [0.2, 0.25) is 5.02 Å². The van der Waals surface area contributed by atoms with Crippen LogP contribution in [0.3, 0.4) is 0 Å². The lowest BCUT2D eigenvalue weighted by Gasteiger charge is -2.10. The van der Waals surface area contributed by atoms with Gasteiger partial charge in [0.2, 0.25) is 5.91 Å². The number of nitrogens with zero attached hydrogens (tertiary/aromatic N) is 1. The van der Waals surface area contributed by atoms with E-state index in [1.54, 1.807) is 13.8 Å². The van der Waals surface area contributed by atoms with Gasteiger partial charge < -0.3 is 5.32 Å². The van der Waals surface area contributed by atoms with Gasteiger partial charge in [-0.1, -0.05) is 27.5 Å². The third-order valence-corrected chi connectivity index (χ3v) is 2.83. The van der Waals surface area contributed by atoms with Crippen molar-refractivity contribution in [3.8, 4) is 0 Å². The number of carbonyl (C=O) groups excluding carboxylic acids is 1. The number of rotatable bonds is 3. The minimum atomic E-state index is -0.561. The number of nitro benzene ring substituents is 1. The molecule has 1 atom stereocenters. The third kappa shape index (κ3) is 3.41. The van der Waals surface area contributed by atoms with Crippen LogP contribution in [0.15, 0.2) is 12.1 Å². The zero-order valence-electron chi connectivity index (χ0n) is 9.16. The molecule has 0 aromatic heterocycles. The summed E-state index contributed by atoms with van der Waals surface area (Å²) in [6.45, 7) is 3.34. The molecular weight excluding hydrogens is 311 g/mol. The minimum absolute atomic E-state index is 0.00174. The maximum absolute atomic E-state index is 11.5. The monoisotopic (exact) mass is 320 g/mol. The second-order valence-electron chi connectivity index (χ2n) is 3.48. The van der Waals surface area contributed by atoms with Crippen molar-refractivity contribution in [1.82, 2.24) is 0 Å². The smallest absolute Gasteiger partial charge is 0.288 e. The Labute approximate surface area is 111 Å². The zero-order chi connectivity index (χ0) is 13.2. The van der Waals surface area contributed by atoms with Crippen LogP contribution in [0.5, 0.6) is 0 Å². The van der Waals surface area contributed by atoms with E-state index in [0.717, 1.165) is 0 Å². The van der Waals surface area contributed by atoms with Crippen LogP contribution in [0, 0.1) is 17.0 Å². The first-order valence-corrected chi connectivity index (χ1v) is 6.01. The average Bonchev–Trinajstić information content (AvgIpc) is 2.22. The Bertz CT molecular complexity index is 477. The van der Waals surface area contributed by atoms with Gasteiger partial charge in [0.15, 0.2) is 0 Å². The number of anilines is 1. The third-order valence-electron chi connectivity index (χ3n) is 2.11. The molecule has 7 heteroatoms. The summed E-state index contributed by atoms with van der Waals surface area (Å²) in [7, 11) is 0. The SMILES string of the molecule is Cc1cc([N+](=O)[O-])c(Cl)cc1NC(=O)C(C)Br. The molecule has 0 aliphatic heterocycles. The summed E-state index contributed by atoms with van der Waals surface area (Å²) in [5, 5.41) is 13.3. The first kappa shape index (κ1) is 13.9. The van der Waals surface area contributed by atoms with Gasteiger partial charge in [-0.2, -0.15) is 0 Å². The Kier molecular flexibility index (Phi) is 4.47. The Hall–Kier alpha value is -1.14. The molecule has 5 nitrogen and oxygen atoms in total. The van der Waals surface area contributed by atoms with E-state index in [0.29, 0.717) is 11.3 Å². The molecule has 1 unspecified atom stereocenters. The fourth-order valence-corrected chi connectivity index (χ4v) is 1.52. The van der Waals surface area contributed by atoms with Crippen molar-refractivity contribution in [2.24, 2.45) is 0 Å². The number of nitrogens with one attached hydrogen (secondary N) is 1. The molecule has 92 valence electrons.